The number of thiazole rings is 1. The molecular formula is C22H25Cl2N3O3S. The van der Waals surface area contributed by atoms with Gasteiger partial charge in [-0.05, 0) is 63.8 Å². The molecule has 0 aliphatic carbocycles. The maximum Gasteiger partial charge on any atom is 0.266 e. The number of carbonyl (C=O) groups is 1. The van der Waals surface area contributed by atoms with Gasteiger partial charge < -0.3 is 14.4 Å². The van der Waals surface area contributed by atoms with Crippen LogP contribution in [-0.4, -0.2) is 56.7 Å². The molecule has 31 heavy (non-hydrogen) atoms. The molecule has 9 heteroatoms. The van der Waals surface area contributed by atoms with Crippen molar-refractivity contribution in [3.8, 4) is 11.5 Å². The van der Waals surface area contributed by atoms with Gasteiger partial charge in [0.05, 0.1) is 16.8 Å². The molecule has 0 aliphatic heterocycles. The molecule has 6 nitrogen and oxygen atoms in total. The second-order valence-corrected chi connectivity index (χ2v) is 9.15. The van der Waals surface area contributed by atoms with Gasteiger partial charge in [-0.15, -0.1) is 0 Å². The van der Waals surface area contributed by atoms with E-state index in [1.165, 1.54) is 11.3 Å². The van der Waals surface area contributed by atoms with E-state index in [4.69, 9.17) is 37.7 Å². The SMILES string of the molecule is COc1ccc(C)c2sc(N(CCCN(C)C)C(=O)COc3ccc(Cl)cc3Cl)nc12. The molecular weight excluding hydrogens is 457 g/mol. The zero-order valence-corrected chi connectivity index (χ0v) is 20.3. The molecule has 0 spiro atoms. The Morgan fingerprint density at radius 3 is 2.55 bits per heavy atom. The van der Waals surface area contributed by atoms with Gasteiger partial charge in [0.25, 0.3) is 5.91 Å². The first-order chi connectivity index (χ1) is 14.8. The molecule has 1 amide bonds. The van der Waals surface area contributed by atoms with Crippen LogP contribution in [0.1, 0.15) is 12.0 Å². The molecule has 0 aliphatic rings. The number of rotatable bonds is 9. The normalized spacial score (nSPS) is 11.2. The fraction of sp³-hybridized carbons (Fsp3) is 0.364. The number of methoxy groups -OCH3 is 1. The standard InChI is InChI=1S/C22H25Cl2N3O3S/c1-14-6-8-18(29-4)20-21(14)31-22(25-20)27(11-5-10-26(2)3)19(28)13-30-17-9-7-15(23)12-16(17)24/h6-9,12H,5,10-11,13H2,1-4H3. The molecule has 3 aromatic rings. The zero-order valence-electron chi connectivity index (χ0n) is 17.9. The molecule has 0 fully saturated rings. The molecule has 0 atom stereocenters. The topological polar surface area (TPSA) is 54.9 Å². The van der Waals surface area contributed by atoms with Crippen LogP contribution in [0.5, 0.6) is 11.5 Å². The number of hydrogen-bond donors (Lipinski definition) is 0. The van der Waals surface area contributed by atoms with Gasteiger partial charge >= 0.3 is 0 Å². The molecule has 166 valence electrons. The maximum absolute atomic E-state index is 13.1. The smallest absolute Gasteiger partial charge is 0.266 e. The lowest BCUT2D eigenvalue weighted by molar-refractivity contribution is -0.120. The Balaban J connectivity index is 1.86. The highest BCUT2D eigenvalue weighted by Crippen LogP contribution is 2.36. The van der Waals surface area contributed by atoms with Crippen molar-refractivity contribution < 1.29 is 14.3 Å². The first-order valence-corrected chi connectivity index (χ1v) is 11.3. The lowest BCUT2D eigenvalue weighted by Crippen LogP contribution is -2.36. The molecule has 0 saturated heterocycles. The number of benzene rings is 2. The summed E-state index contributed by atoms with van der Waals surface area (Å²) in [6.07, 6.45) is 0.798. The van der Waals surface area contributed by atoms with Crippen molar-refractivity contribution >= 4 is 55.8 Å². The van der Waals surface area contributed by atoms with Crippen LogP contribution in [0.4, 0.5) is 5.13 Å². The number of nitrogens with zero attached hydrogens (tertiary/aromatic N) is 3. The molecule has 3 rings (SSSR count). The van der Waals surface area contributed by atoms with Gasteiger partial charge in [0.1, 0.15) is 17.0 Å². The summed E-state index contributed by atoms with van der Waals surface area (Å²) in [5, 5.41) is 1.49. The number of halogens is 2. The fourth-order valence-corrected chi connectivity index (χ4v) is 4.62. The summed E-state index contributed by atoms with van der Waals surface area (Å²) in [7, 11) is 5.63. The highest BCUT2D eigenvalue weighted by Gasteiger charge is 2.22. The number of carbonyl (C=O) groups excluding carboxylic acids is 1. The molecule has 0 saturated carbocycles. The van der Waals surface area contributed by atoms with Crippen molar-refractivity contribution in [2.75, 3.05) is 45.8 Å². The summed E-state index contributed by atoms with van der Waals surface area (Å²) in [6, 6.07) is 8.79. The summed E-state index contributed by atoms with van der Waals surface area (Å²) >= 11 is 13.6. The van der Waals surface area contributed by atoms with E-state index in [1.54, 1.807) is 30.2 Å². The number of hydrogen-bond acceptors (Lipinski definition) is 6. The minimum absolute atomic E-state index is 0.157. The van der Waals surface area contributed by atoms with Crippen LogP contribution in [0.25, 0.3) is 10.2 Å². The quantitative estimate of drug-likeness (QED) is 0.415. The Kier molecular flexibility index (Phi) is 8.00. The van der Waals surface area contributed by atoms with Crippen molar-refractivity contribution in [1.29, 1.82) is 0 Å². The van der Waals surface area contributed by atoms with Gasteiger partial charge in [-0.3, -0.25) is 9.69 Å². The van der Waals surface area contributed by atoms with Crippen LogP contribution in [0.15, 0.2) is 30.3 Å². The molecule has 1 aromatic heterocycles. The van der Waals surface area contributed by atoms with E-state index in [2.05, 4.69) is 4.90 Å². The lowest BCUT2D eigenvalue weighted by atomic mass is 10.2. The summed E-state index contributed by atoms with van der Waals surface area (Å²) < 4.78 is 12.1. The van der Waals surface area contributed by atoms with Crippen LogP contribution >= 0.6 is 34.5 Å². The minimum atomic E-state index is -0.194. The van der Waals surface area contributed by atoms with Crippen LogP contribution < -0.4 is 14.4 Å². The van der Waals surface area contributed by atoms with E-state index in [0.29, 0.717) is 33.2 Å². The number of fused-ring (bicyclic) bond motifs is 1. The summed E-state index contributed by atoms with van der Waals surface area (Å²) in [4.78, 5) is 21.6. The molecule has 2 aromatic carbocycles. The molecule has 0 radical (unpaired) electrons. The number of aromatic nitrogens is 1. The third kappa shape index (κ3) is 5.80. The predicted octanol–water partition coefficient (Wildman–Crippen LogP) is 5.28. The number of amides is 1. The van der Waals surface area contributed by atoms with Gasteiger partial charge in [0.15, 0.2) is 11.7 Å². The van der Waals surface area contributed by atoms with E-state index < -0.39 is 0 Å². The summed E-state index contributed by atoms with van der Waals surface area (Å²) in [5.74, 6) is 0.905. The Morgan fingerprint density at radius 2 is 1.87 bits per heavy atom. The van der Waals surface area contributed by atoms with E-state index in [9.17, 15) is 4.79 Å². The van der Waals surface area contributed by atoms with Gasteiger partial charge in [-0.1, -0.05) is 40.6 Å². The van der Waals surface area contributed by atoms with E-state index in [1.807, 2.05) is 33.2 Å². The Morgan fingerprint density at radius 1 is 1.13 bits per heavy atom. The van der Waals surface area contributed by atoms with Crippen molar-refractivity contribution in [2.45, 2.75) is 13.3 Å². The highest BCUT2D eigenvalue weighted by molar-refractivity contribution is 7.22. The molecule has 0 N–H and O–H groups in total. The Hall–Kier alpha value is -2.06. The van der Waals surface area contributed by atoms with Gasteiger partial charge in [-0.25, -0.2) is 4.98 Å². The van der Waals surface area contributed by atoms with Gasteiger partial charge in [0, 0.05) is 11.6 Å². The monoisotopic (exact) mass is 481 g/mol. The fourth-order valence-electron chi connectivity index (χ4n) is 3.06. The van der Waals surface area contributed by atoms with Gasteiger partial charge in [0.2, 0.25) is 0 Å². The Labute approximate surface area is 196 Å². The predicted molar refractivity (Wildman–Crippen MR) is 128 cm³/mol. The second-order valence-electron chi connectivity index (χ2n) is 7.32. The average molecular weight is 482 g/mol. The first kappa shape index (κ1) is 23.6. The van der Waals surface area contributed by atoms with Crippen LogP contribution in [0.2, 0.25) is 10.0 Å². The van der Waals surface area contributed by atoms with E-state index >= 15 is 0 Å². The van der Waals surface area contributed by atoms with Crippen LogP contribution in [0, 0.1) is 6.92 Å². The van der Waals surface area contributed by atoms with Crippen molar-refractivity contribution in [1.82, 2.24) is 9.88 Å². The number of ether oxygens (including phenoxy) is 2. The third-order valence-corrected chi connectivity index (χ3v) is 6.42. The minimum Gasteiger partial charge on any atom is -0.494 e. The third-order valence-electron chi connectivity index (χ3n) is 4.68. The van der Waals surface area contributed by atoms with Crippen molar-refractivity contribution in [3.05, 3.63) is 45.9 Å². The lowest BCUT2D eigenvalue weighted by Gasteiger charge is -2.21. The highest BCUT2D eigenvalue weighted by atomic mass is 35.5. The maximum atomic E-state index is 13.1. The van der Waals surface area contributed by atoms with Crippen LogP contribution in [-0.2, 0) is 4.79 Å². The second kappa shape index (κ2) is 10.5. The van der Waals surface area contributed by atoms with Crippen molar-refractivity contribution in [2.24, 2.45) is 0 Å². The summed E-state index contributed by atoms with van der Waals surface area (Å²) in [5.41, 5.74) is 1.85. The number of anilines is 1. The molecule has 0 bridgehead atoms. The largest absolute Gasteiger partial charge is 0.494 e. The molecule has 1 heterocycles. The van der Waals surface area contributed by atoms with Gasteiger partial charge in [-0.2, -0.15) is 0 Å². The summed E-state index contributed by atoms with van der Waals surface area (Å²) in [6.45, 7) is 3.24. The van der Waals surface area contributed by atoms with E-state index in [0.717, 1.165) is 28.7 Å². The van der Waals surface area contributed by atoms with E-state index in [-0.39, 0.29) is 12.5 Å². The zero-order chi connectivity index (χ0) is 22.5. The Bertz CT molecular complexity index is 1070. The molecule has 0 unspecified atom stereocenters. The number of aryl methyl sites for hydroxylation is 1. The average Bonchev–Trinajstić information content (AvgIpc) is 3.16. The van der Waals surface area contributed by atoms with Crippen LogP contribution in [0.3, 0.4) is 0 Å². The van der Waals surface area contributed by atoms with Crippen molar-refractivity contribution in [3.63, 3.8) is 0 Å². The first-order valence-electron chi connectivity index (χ1n) is 9.77.